The SMILES string of the molecule is C=CCN(Cc1ccc(Cl)s1)C(=O)C1(CN)CCOCC1. The number of amides is 1. The van der Waals surface area contributed by atoms with Gasteiger partial charge in [-0.15, -0.1) is 17.9 Å². The fourth-order valence-corrected chi connectivity index (χ4v) is 3.71. The summed E-state index contributed by atoms with van der Waals surface area (Å²) in [7, 11) is 0. The summed E-state index contributed by atoms with van der Waals surface area (Å²) in [5.74, 6) is 0.0951. The van der Waals surface area contributed by atoms with Gasteiger partial charge in [0.25, 0.3) is 0 Å². The molecular weight excluding hydrogens is 308 g/mol. The van der Waals surface area contributed by atoms with Crippen LogP contribution >= 0.6 is 22.9 Å². The van der Waals surface area contributed by atoms with Crippen LogP contribution in [0, 0.1) is 5.41 Å². The van der Waals surface area contributed by atoms with Crippen molar-refractivity contribution >= 4 is 28.8 Å². The molecule has 0 aliphatic carbocycles. The van der Waals surface area contributed by atoms with E-state index in [4.69, 9.17) is 22.1 Å². The maximum absolute atomic E-state index is 13.0. The molecule has 1 fully saturated rings. The van der Waals surface area contributed by atoms with E-state index in [0.29, 0.717) is 45.7 Å². The molecule has 1 amide bonds. The zero-order valence-corrected chi connectivity index (χ0v) is 13.6. The molecule has 0 bridgehead atoms. The average molecular weight is 329 g/mol. The lowest BCUT2D eigenvalue weighted by Gasteiger charge is -2.38. The van der Waals surface area contributed by atoms with Gasteiger partial charge in [0.05, 0.1) is 16.3 Å². The van der Waals surface area contributed by atoms with E-state index in [1.54, 1.807) is 6.08 Å². The Hall–Kier alpha value is -0.880. The van der Waals surface area contributed by atoms with Gasteiger partial charge < -0.3 is 15.4 Å². The molecule has 4 nitrogen and oxygen atoms in total. The molecule has 1 aromatic heterocycles. The Bertz CT molecular complexity index is 498. The van der Waals surface area contributed by atoms with E-state index in [1.807, 2.05) is 17.0 Å². The summed E-state index contributed by atoms with van der Waals surface area (Å²) in [5.41, 5.74) is 5.43. The highest BCUT2D eigenvalue weighted by atomic mass is 35.5. The molecule has 0 atom stereocenters. The highest BCUT2D eigenvalue weighted by molar-refractivity contribution is 7.16. The van der Waals surface area contributed by atoms with Crippen molar-refractivity contribution < 1.29 is 9.53 Å². The van der Waals surface area contributed by atoms with E-state index < -0.39 is 5.41 Å². The van der Waals surface area contributed by atoms with Crippen LogP contribution in [-0.4, -0.2) is 37.1 Å². The van der Waals surface area contributed by atoms with E-state index in [9.17, 15) is 4.79 Å². The minimum absolute atomic E-state index is 0.0951. The highest BCUT2D eigenvalue weighted by Crippen LogP contribution is 2.33. The zero-order chi connectivity index (χ0) is 15.3. The topological polar surface area (TPSA) is 55.6 Å². The van der Waals surface area contributed by atoms with Gasteiger partial charge in [-0.2, -0.15) is 0 Å². The van der Waals surface area contributed by atoms with Crippen molar-refractivity contribution in [1.82, 2.24) is 4.90 Å². The van der Waals surface area contributed by atoms with Crippen LogP contribution in [0.15, 0.2) is 24.8 Å². The summed E-state index contributed by atoms with van der Waals surface area (Å²) in [6.45, 7) is 6.35. The second-order valence-corrected chi connectivity index (χ2v) is 7.08. The molecule has 1 aliphatic rings. The van der Waals surface area contributed by atoms with Crippen LogP contribution < -0.4 is 5.73 Å². The number of hydrogen-bond acceptors (Lipinski definition) is 4. The molecule has 2 rings (SSSR count). The number of nitrogens with zero attached hydrogens (tertiary/aromatic N) is 1. The Morgan fingerprint density at radius 2 is 2.24 bits per heavy atom. The summed E-state index contributed by atoms with van der Waals surface area (Å²) < 4.78 is 6.11. The van der Waals surface area contributed by atoms with E-state index >= 15 is 0 Å². The van der Waals surface area contributed by atoms with Gasteiger partial charge in [0, 0.05) is 31.2 Å². The Morgan fingerprint density at radius 1 is 1.52 bits per heavy atom. The predicted molar refractivity (Wildman–Crippen MR) is 86.5 cm³/mol. The minimum atomic E-state index is -0.498. The summed E-state index contributed by atoms with van der Waals surface area (Å²) in [6, 6.07) is 3.81. The molecule has 0 unspecified atom stereocenters. The first-order chi connectivity index (χ1) is 10.1. The van der Waals surface area contributed by atoms with Crippen molar-refractivity contribution in [3.63, 3.8) is 0 Å². The molecule has 116 valence electrons. The first kappa shape index (κ1) is 16.5. The molecule has 1 aliphatic heterocycles. The molecule has 0 spiro atoms. The maximum atomic E-state index is 13.0. The Kier molecular flexibility index (Phi) is 5.81. The average Bonchev–Trinajstić information content (AvgIpc) is 2.92. The highest BCUT2D eigenvalue weighted by Gasteiger charge is 2.41. The van der Waals surface area contributed by atoms with Crippen LogP contribution in [0.4, 0.5) is 0 Å². The van der Waals surface area contributed by atoms with Crippen molar-refractivity contribution in [2.24, 2.45) is 11.1 Å². The third-order valence-electron chi connectivity index (χ3n) is 3.91. The number of rotatable bonds is 6. The van der Waals surface area contributed by atoms with Gasteiger partial charge in [0.1, 0.15) is 0 Å². The Balaban J connectivity index is 2.15. The van der Waals surface area contributed by atoms with Crippen LogP contribution in [0.2, 0.25) is 4.34 Å². The predicted octanol–water partition coefficient (Wildman–Crippen LogP) is 2.67. The summed E-state index contributed by atoms with van der Waals surface area (Å²) >= 11 is 7.46. The molecule has 1 saturated heterocycles. The fraction of sp³-hybridized carbons (Fsp3) is 0.533. The number of carbonyl (C=O) groups excluding carboxylic acids is 1. The third kappa shape index (κ3) is 3.86. The first-order valence-corrected chi connectivity index (χ1v) is 8.23. The number of halogens is 1. The van der Waals surface area contributed by atoms with Gasteiger partial charge in [-0.05, 0) is 25.0 Å². The molecule has 2 heterocycles. The minimum Gasteiger partial charge on any atom is -0.381 e. The van der Waals surface area contributed by atoms with Gasteiger partial charge in [-0.1, -0.05) is 17.7 Å². The molecule has 0 aromatic carbocycles. The van der Waals surface area contributed by atoms with Crippen LogP contribution in [0.1, 0.15) is 17.7 Å². The van der Waals surface area contributed by atoms with Crippen molar-refractivity contribution in [2.45, 2.75) is 19.4 Å². The van der Waals surface area contributed by atoms with Gasteiger partial charge in [-0.3, -0.25) is 4.79 Å². The van der Waals surface area contributed by atoms with Gasteiger partial charge in [-0.25, -0.2) is 0 Å². The number of thiophene rings is 1. The number of nitrogens with two attached hydrogens (primary N) is 1. The fourth-order valence-electron chi connectivity index (χ4n) is 2.60. The zero-order valence-electron chi connectivity index (χ0n) is 12.0. The quantitative estimate of drug-likeness (QED) is 0.817. The smallest absolute Gasteiger partial charge is 0.230 e. The van der Waals surface area contributed by atoms with E-state index in [-0.39, 0.29) is 5.91 Å². The second-order valence-electron chi connectivity index (χ2n) is 5.28. The van der Waals surface area contributed by atoms with Gasteiger partial charge in [0.15, 0.2) is 0 Å². The summed E-state index contributed by atoms with van der Waals surface area (Å²) in [6.07, 6.45) is 3.11. The van der Waals surface area contributed by atoms with Crippen molar-refractivity contribution in [1.29, 1.82) is 0 Å². The van der Waals surface area contributed by atoms with Crippen LogP contribution in [-0.2, 0) is 16.1 Å². The van der Waals surface area contributed by atoms with Crippen molar-refractivity contribution in [3.8, 4) is 0 Å². The number of carbonyl (C=O) groups is 1. The lowest BCUT2D eigenvalue weighted by molar-refractivity contribution is -0.147. The van der Waals surface area contributed by atoms with Crippen LogP contribution in [0.25, 0.3) is 0 Å². The molecule has 1 aromatic rings. The van der Waals surface area contributed by atoms with Crippen LogP contribution in [0.3, 0.4) is 0 Å². The lowest BCUT2D eigenvalue weighted by atomic mass is 9.79. The van der Waals surface area contributed by atoms with Gasteiger partial charge in [0.2, 0.25) is 5.91 Å². The van der Waals surface area contributed by atoms with Crippen LogP contribution in [0.5, 0.6) is 0 Å². The molecule has 0 radical (unpaired) electrons. The number of ether oxygens (including phenoxy) is 1. The van der Waals surface area contributed by atoms with E-state index in [2.05, 4.69) is 6.58 Å². The summed E-state index contributed by atoms with van der Waals surface area (Å²) in [4.78, 5) is 15.8. The number of hydrogen-bond donors (Lipinski definition) is 1. The van der Waals surface area contributed by atoms with Crippen molar-refractivity contribution in [2.75, 3.05) is 26.3 Å². The van der Waals surface area contributed by atoms with E-state index in [0.717, 1.165) is 9.21 Å². The molecule has 21 heavy (non-hydrogen) atoms. The second kappa shape index (κ2) is 7.40. The molecular formula is C15H21ClN2O2S. The van der Waals surface area contributed by atoms with E-state index in [1.165, 1.54) is 11.3 Å². The Morgan fingerprint density at radius 3 is 2.76 bits per heavy atom. The largest absolute Gasteiger partial charge is 0.381 e. The maximum Gasteiger partial charge on any atom is 0.230 e. The normalized spacial score (nSPS) is 17.4. The monoisotopic (exact) mass is 328 g/mol. The third-order valence-corrected chi connectivity index (χ3v) is 5.12. The molecule has 6 heteroatoms. The first-order valence-electron chi connectivity index (χ1n) is 7.03. The molecule has 2 N–H and O–H groups in total. The molecule has 0 saturated carbocycles. The van der Waals surface area contributed by atoms with Gasteiger partial charge >= 0.3 is 0 Å². The standard InChI is InChI=1S/C15H21ClN2O2S/c1-2-7-18(10-12-3-4-13(16)21-12)14(19)15(11-17)5-8-20-9-6-15/h2-4H,1,5-11,17H2. The Labute approximate surface area is 134 Å². The summed E-state index contributed by atoms with van der Waals surface area (Å²) in [5, 5.41) is 0. The lowest BCUT2D eigenvalue weighted by Crippen LogP contribution is -2.50. The van der Waals surface area contributed by atoms with Crippen molar-refractivity contribution in [3.05, 3.63) is 34.0 Å².